The minimum atomic E-state index is 0.458. The summed E-state index contributed by atoms with van der Waals surface area (Å²) in [6, 6.07) is 0.458. The van der Waals surface area contributed by atoms with E-state index in [0.29, 0.717) is 17.2 Å². The Morgan fingerprint density at radius 1 is 1.42 bits per heavy atom. The van der Waals surface area contributed by atoms with Crippen molar-refractivity contribution in [2.45, 2.75) is 43.9 Å². The molecule has 3 rings (SSSR count). The van der Waals surface area contributed by atoms with Crippen molar-refractivity contribution in [1.29, 1.82) is 0 Å². The summed E-state index contributed by atoms with van der Waals surface area (Å²) >= 11 is 1.94. The molecule has 104 valence electrons. The first-order valence-corrected chi connectivity index (χ1v) is 8.18. The second-order valence-electron chi connectivity index (χ2n) is 5.21. The van der Waals surface area contributed by atoms with E-state index in [0.717, 1.165) is 23.3 Å². The largest absolute Gasteiger partial charge is 0.369 e. The second kappa shape index (κ2) is 4.74. The van der Waals surface area contributed by atoms with Crippen LogP contribution in [0, 0.1) is 0 Å². The van der Waals surface area contributed by atoms with Gasteiger partial charge in [0.25, 0.3) is 0 Å². The van der Waals surface area contributed by atoms with Gasteiger partial charge in [-0.1, -0.05) is 13.3 Å². The van der Waals surface area contributed by atoms with E-state index >= 15 is 0 Å². The molecule has 5 nitrogen and oxygen atoms in total. The number of anilines is 1. The van der Waals surface area contributed by atoms with Gasteiger partial charge in [-0.05, 0) is 25.5 Å². The number of rotatable bonds is 3. The molecule has 2 heterocycles. The van der Waals surface area contributed by atoms with Crippen LogP contribution < -0.4 is 5.73 Å². The number of aromatic nitrogens is 4. The fourth-order valence-corrected chi connectivity index (χ4v) is 4.24. The van der Waals surface area contributed by atoms with Crippen LogP contribution in [0.1, 0.15) is 37.9 Å². The van der Waals surface area contributed by atoms with E-state index < -0.39 is 0 Å². The Bertz CT molecular complexity index is 600. The molecule has 1 aliphatic rings. The zero-order valence-corrected chi connectivity index (χ0v) is 12.6. The summed E-state index contributed by atoms with van der Waals surface area (Å²) in [6.07, 6.45) is 6.81. The monoisotopic (exact) mass is 279 g/mol. The number of thioether (sulfide) groups is 1. The van der Waals surface area contributed by atoms with Gasteiger partial charge in [-0.2, -0.15) is 16.9 Å². The van der Waals surface area contributed by atoms with Gasteiger partial charge in [0.1, 0.15) is 5.52 Å². The van der Waals surface area contributed by atoms with Crippen molar-refractivity contribution in [1.82, 2.24) is 19.3 Å². The first-order valence-electron chi connectivity index (χ1n) is 6.89. The van der Waals surface area contributed by atoms with Crippen molar-refractivity contribution >= 4 is 28.9 Å². The van der Waals surface area contributed by atoms with Gasteiger partial charge in [-0.25, -0.2) is 4.98 Å². The van der Waals surface area contributed by atoms with Crippen molar-refractivity contribution in [3.05, 3.63) is 5.69 Å². The van der Waals surface area contributed by atoms with Crippen LogP contribution >= 0.6 is 11.8 Å². The number of nitrogen functional groups attached to an aromatic ring is 1. The van der Waals surface area contributed by atoms with E-state index in [9.17, 15) is 0 Å². The highest BCUT2D eigenvalue weighted by molar-refractivity contribution is 7.99. The van der Waals surface area contributed by atoms with Gasteiger partial charge >= 0.3 is 0 Å². The lowest BCUT2D eigenvalue weighted by Gasteiger charge is -2.21. The predicted molar refractivity (Wildman–Crippen MR) is 80.5 cm³/mol. The molecule has 0 saturated heterocycles. The summed E-state index contributed by atoms with van der Waals surface area (Å²) in [7, 11) is 1.99. The van der Waals surface area contributed by atoms with Crippen LogP contribution in [-0.4, -0.2) is 30.8 Å². The number of hydrogen-bond donors (Lipinski definition) is 1. The summed E-state index contributed by atoms with van der Waals surface area (Å²) in [5.74, 6) is 0.642. The van der Waals surface area contributed by atoms with Crippen LogP contribution in [0.2, 0.25) is 0 Å². The van der Waals surface area contributed by atoms with Crippen molar-refractivity contribution in [3.63, 3.8) is 0 Å². The highest BCUT2D eigenvalue weighted by atomic mass is 32.2. The molecule has 6 heteroatoms. The number of fused-ring (bicyclic) bond motifs is 1. The lowest BCUT2D eigenvalue weighted by Crippen LogP contribution is -2.19. The topological polar surface area (TPSA) is 61.7 Å². The SMILES string of the molecule is CCc1nn(C)c2c1nc(N)n2C1CCCC1SC. The summed E-state index contributed by atoms with van der Waals surface area (Å²) in [5.41, 5.74) is 9.30. The van der Waals surface area contributed by atoms with Crippen molar-refractivity contribution in [3.8, 4) is 0 Å². The van der Waals surface area contributed by atoms with Crippen LogP contribution in [-0.2, 0) is 13.5 Å². The molecule has 0 bridgehead atoms. The first kappa shape index (κ1) is 12.8. The normalized spacial score (nSPS) is 23.5. The summed E-state index contributed by atoms with van der Waals surface area (Å²) < 4.78 is 4.16. The van der Waals surface area contributed by atoms with Gasteiger partial charge in [0.2, 0.25) is 5.95 Å². The molecule has 2 unspecified atom stereocenters. The molecule has 0 aromatic carbocycles. The smallest absolute Gasteiger partial charge is 0.202 e. The quantitative estimate of drug-likeness (QED) is 0.937. The van der Waals surface area contributed by atoms with Crippen molar-refractivity contribution in [2.24, 2.45) is 7.05 Å². The van der Waals surface area contributed by atoms with E-state index in [1.165, 1.54) is 19.3 Å². The predicted octanol–water partition coefficient (Wildman–Crippen LogP) is 2.37. The molecule has 1 saturated carbocycles. The summed E-state index contributed by atoms with van der Waals surface area (Å²) in [5, 5.41) is 5.20. The minimum absolute atomic E-state index is 0.458. The van der Waals surface area contributed by atoms with Crippen LogP contribution in [0.15, 0.2) is 0 Å². The number of imidazole rings is 1. The fourth-order valence-electron chi connectivity index (χ4n) is 3.26. The fraction of sp³-hybridized carbons (Fsp3) is 0.692. The Morgan fingerprint density at radius 3 is 2.89 bits per heavy atom. The highest BCUT2D eigenvalue weighted by Crippen LogP contribution is 2.40. The maximum absolute atomic E-state index is 6.19. The Hall–Kier alpha value is -1.17. The van der Waals surface area contributed by atoms with Crippen molar-refractivity contribution < 1.29 is 0 Å². The molecule has 2 aromatic heterocycles. The standard InChI is InChI=1S/C13H21N5S/c1-4-8-11-12(17(2)16-8)18(13(14)15-11)9-6-5-7-10(9)19-3/h9-10H,4-7H2,1-3H3,(H2,14,15). The van der Waals surface area contributed by atoms with Gasteiger partial charge in [-0.15, -0.1) is 0 Å². The van der Waals surface area contributed by atoms with Crippen LogP contribution in [0.4, 0.5) is 5.95 Å². The zero-order valence-electron chi connectivity index (χ0n) is 11.8. The average Bonchev–Trinajstić information content (AvgIpc) is 3.05. The minimum Gasteiger partial charge on any atom is -0.369 e. The first-order chi connectivity index (χ1) is 9.17. The molecule has 1 fully saturated rings. The number of hydrogen-bond acceptors (Lipinski definition) is 4. The van der Waals surface area contributed by atoms with Crippen LogP contribution in [0.3, 0.4) is 0 Å². The average molecular weight is 279 g/mol. The van der Waals surface area contributed by atoms with Crippen LogP contribution in [0.5, 0.6) is 0 Å². The van der Waals surface area contributed by atoms with Gasteiger partial charge in [0.05, 0.1) is 11.7 Å². The molecule has 19 heavy (non-hydrogen) atoms. The van der Waals surface area contributed by atoms with Gasteiger partial charge in [-0.3, -0.25) is 9.25 Å². The molecule has 0 aliphatic heterocycles. The molecular formula is C13H21N5S. The maximum Gasteiger partial charge on any atom is 0.202 e. The van der Waals surface area contributed by atoms with Gasteiger partial charge in [0.15, 0.2) is 5.65 Å². The van der Waals surface area contributed by atoms with E-state index in [4.69, 9.17) is 5.73 Å². The molecule has 2 N–H and O–H groups in total. The Kier molecular flexibility index (Phi) is 3.20. The van der Waals surface area contributed by atoms with Crippen molar-refractivity contribution in [2.75, 3.05) is 12.0 Å². The second-order valence-corrected chi connectivity index (χ2v) is 6.29. The van der Waals surface area contributed by atoms with E-state index in [2.05, 4.69) is 27.8 Å². The molecule has 0 radical (unpaired) electrons. The zero-order chi connectivity index (χ0) is 13.6. The number of nitrogens with zero attached hydrogens (tertiary/aromatic N) is 4. The van der Waals surface area contributed by atoms with E-state index in [1.807, 2.05) is 23.5 Å². The molecule has 2 aromatic rings. The highest BCUT2D eigenvalue weighted by Gasteiger charge is 2.32. The summed E-state index contributed by atoms with van der Waals surface area (Å²) in [4.78, 5) is 4.57. The third-order valence-electron chi connectivity index (χ3n) is 4.15. The molecule has 0 spiro atoms. The molecule has 0 amide bonds. The van der Waals surface area contributed by atoms with Gasteiger partial charge in [0, 0.05) is 12.3 Å². The lowest BCUT2D eigenvalue weighted by atomic mass is 10.2. The third kappa shape index (κ3) is 1.84. The Balaban J connectivity index is 2.17. The molecule has 2 atom stereocenters. The van der Waals surface area contributed by atoms with E-state index in [1.54, 1.807) is 0 Å². The lowest BCUT2D eigenvalue weighted by molar-refractivity contribution is 0.536. The number of aryl methyl sites for hydroxylation is 2. The molecule has 1 aliphatic carbocycles. The van der Waals surface area contributed by atoms with E-state index in [-0.39, 0.29) is 0 Å². The third-order valence-corrected chi connectivity index (χ3v) is 5.31. The summed E-state index contributed by atoms with van der Waals surface area (Å²) in [6.45, 7) is 2.11. The van der Waals surface area contributed by atoms with Crippen LogP contribution in [0.25, 0.3) is 11.2 Å². The van der Waals surface area contributed by atoms with Gasteiger partial charge < -0.3 is 5.73 Å². The maximum atomic E-state index is 6.19. The Morgan fingerprint density at radius 2 is 2.21 bits per heavy atom. The molecular weight excluding hydrogens is 258 g/mol. The number of nitrogens with two attached hydrogens (primary N) is 1. The Labute approximate surface area is 117 Å².